The maximum absolute atomic E-state index is 12.9. The van der Waals surface area contributed by atoms with E-state index in [0.717, 1.165) is 0 Å². The minimum Gasteiger partial charge on any atom is -0.395 e. The quantitative estimate of drug-likeness (QED) is 0.838. The summed E-state index contributed by atoms with van der Waals surface area (Å²) in [6.07, 6.45) is 5.50. The molecule has 2 N–H and O–H groups in total. The Bertz CT molecular complexity index is 427. The highest BCUT2D eigenvalue weighted by atomic mass is 19.1. The van der Waals surface area contributed by atoms with Crippen LogP contribution in [0.5, 0.6) is 0 Å². The Balaban J connectivity index is 1.88. The summed E-state index contributed by atoms with van der Waals surface area (Å²) < 4.78 is 12.9. The zero-order valence-corrected chi connectivity index (χ0v) is 10.2. The molecule has 1 aliphatic carbocycles. The van der Waals surface area contributed by atoms with Gasteiger partial charge in [0, 0.05) is 12.6 Å². The Kier molecular flexibility index (Phi) is 4.67. The molecule has 0 spiro atoms. The second kappa shape index (κ2) is 6.47. The molecule has 1 unspecified atom stereocenters. The molecule has 2 atom stereocenters. The van der Waals surface area contributed by atoms with Gasteiger partial charge in [-0.3, -0.25) is 0 Å². The molecule has 0 fully saturated rings. The molecular formula is C15H18FNO. The number of benzene rings is 1. The summed E-state index contributed by atoms with van der Waals surface area (Å²) in [5, 5.41) is 12.7. The molecule has 1 aromatic carbocycles. The first-order chi connectivity index (χ1) is 8.79. The maximum Gasteiger partial charge on any atom is 0.118 e. The molecule has 18 heavy (non-hydrogen) atoms. The number of allylic oxidation sites excluding steroid dienone is 3. The number of aliphatic hydroxyl groups excluding tert-OH is 1. The predicted molar refractivity (Wildman–Crippen MR) is 70.6 cm³/mol. The summed E-state index contributed by atoms with van der Waals surface area (Å²) in [6.45, 7) is 0.764. The van der Waals surface area contributed by atoms with Gasteiger partial charge in [-0.05, 0) is 30.1 Å². The van der Waals surface area contributed by atoms with Gasteiger partial charge in [-0.1, -0.05) is 36.4 Å². The van der Waals surface area contributed by atoms with Crippen LogP contribution in [0.1, 0.15) is 12.0 Å². The third kappa shape index (κ3) is 3.52. The van der Waals surface area contributed by atoms with Gasteiger partial charge in [-0.15, -0.1) is 0 Å². The van der Waals surface area contributed by atoms with Gasteiger partial charge in [0.2, 0.25) is 0 Å². The molecule has 0 bridgehead atoms. The SMILES string of the molecule is OC[C@@H](NCc1ccccc1)C1C=CC(F)=CC1. The smallest absolute Gasteiger partial charge is 0.118 e. The molecule has 0 heterocycles. The second-order valence-corrected chi connectivity index (χ2v) is 4.50. The highest BCUT2D eigenvalue weighted by Crippen LogP contribution is 2.20. The van der Waals surface area contributed by atoms with Crippen molar-refractivity contribution in [3.63, 3.8) is 0 Å². The summed E-state index contributed by atoms with van der Waals surface area (Å²) in [7, 11) is 0. The van der Waals surface area contributed by atoms with Crippen LogP contribution >= 0.6 is 0 Å². The molecule has 2 rings (SSSR count). The van der Waals surface area contributed by atoms with Crippen LogP contribution in [-0.4, -0.2) is 17.8 Å². The van der Waals surface area contributed by atoms with Crippen LogP contribution in [0.25, 0.3) is 0 Å². The third-order valence-corrected chi connectivity index (χ3v) is 3.21. The fourth-order valence-corrected chi connectivity index (χ4v) is 2.11. The van der Waals surface area contributed by atoms with Gasteiger partial charge in [0.05, 0.1) is 6.61 Å². The van der Waals surface area contributed by atoms with Crippen molar-refractivity contribution in [2.75, 3.05) is 6.61 Å². The van der Waals surface area contributed by atoms with E-state index in [2.05, 4.69) is 5.32 Å². The van der Waals surface area contributed by atoms with Crippen LogP contribution in [0.4, 0.5) is 4.39 Å². The van der Waals surface area contributed by atoms with Crippen molar-refractivity contribution in [3.05, 3.63) is 60.0 Å². The zero-order chi connectivity index (χ0) is 12.8. The molecule has 3 heteroatoms. The van der Waals surface area contributed by atoms with E-state index in [4.69, 9.17) is 0 Å². The molecule has 0 saturated heterocycles. The Hall–Kier alpha value is -1.45. The van der Waals surface area contributed by atoms with E-state index < -0.39 is 0 Å². The average molecular weight is 247 g/mol. The minimum atomic E-state index is -0.189. The normalized spacial score (nSPS) is 20.6. The molecule has 0 aromatic heterocycles. The first-order valence-corrected chi connectivity index (χ1v) is 6.21. The summed E-state index contributed by atoms with van der Waals surface area (Å²) in [4.78, 5) is 0. The molecule has 0 saturated carbocycles. The number of rotatable bonds is 5. The molecule has 2 nitrogen and oxygen atoms in total. The van der Waals surface area contributed by atoms with Crippen LogP contribution in [-0.2, 0) is 6.54 Å². The third-order valence-electron chi connectivity index (χ3n) is 3.21. The maximum atomic E-state index is 12.9. The molecule has 1 aliphatic rings. The molecule has 96 valence electrons. The lowest BCUT2D eigenvalue weighted by Gasteiger charge is -2.24. The highest BCUT2D eigenvalue weighted by Gasteiger charge is 2.19. The van der Waals surface area contributed by atoms with E-state index in [0.29, 0.717) is 13.0 Å². The van der Waals surface area contributed by atoms with Crippen molar-refractivity contribution in [2.45, 2.75) is 19.0 Å². The van der Waals surface area contributed by atoms with Gasteiger partial charge in [0.1, 0.15) is 5.83 Å². The fraction of sp³-hybridized carbons (Fsp3) is 0.333. The van der Waals surface area contributed by atoms with Crippen LogP contribution in [0, 0.1) is 5.92 Å². The summed E-state index contributed by atoms with van der Waals surface area (Å²) in [6, 6.07) is 10.00. The zero-order valence-electron chi connectivity index (χ0n) is 10.2. The van der Waals surface area contributed by atoms with E-state index in [9.17, 15) is 9.50 Å². The summed E-state index contributed by atoms with van der Waals surface area (Å²) >= 11 is 0. The van der Waals surface area contributed by atoms with Gasteiger partial charge < -0.3 is 10.4 Å². The molecular weight excluding hydrogens is 229 g/mol. The van der Waals surface area contributed by atoms with E-state index in [1.165, 1.54) is 11.6 Å². The average Bonchev–Trinajstić information content (AvgIpc) is 2.42. The van der Waals surface area contributed by atoms with E-state index in [1.807, 2.05) is 36.4 Å². The van der Waals surface area contributed by atoms with Crippen LogP contribution in [0.3, 0.4) is 0 Å². The van der Waals surface area contributed by atoms with Crippen molar-refractivity contribution in [1.82, 2.24) is 5.32 Å². The first-order valence-electron chi connectivity index (χ1n) is 6.21. The van der Waals surface area contributed by atoms with Crippen molar-refractivity contribution in [1.29, 1.82) is 0 Å². The largest absolute Gasteiger partial charge is 0.395 e. The highest BCUT2D eigenvalue weighted by molar-refractivity contribution is 5.19. The van der Waals surface area contributed by atoms with Gasteiger partial charge in [-0.25, -0.2) is 4.39 Å². The standard InChI is InChI=1S/C15H18FNO/c16-14-8-6-13(7-9-14)15(11-18)17-10-12-4-2-1-3-5-12/h1-6,8-9,13,15,17-18H,7,10-11H2/t13?,15-/m1/s1. The predicted octanol–water partition coefficient (Wildman–Crippen LogP) is 2.57. The van der Waals surface area contributed by atoms with Gasteiger partial charge >= 0.3 is 0 Å². The minimum absolute atomic E-state index is 0.0363. The van der Waals surface area contributed by atoms with E-state index in [1.54, 1.807) is 6.08 Å². The number of hydrogen-bond acceptors (Lipinski definition) is 2. The molecule has 0 aliphatic heterocycles. The van der Waals surface area contributed by atoms with Crippen molar-refractivity contribution >= 4 is 0 Å². The number of nitrogens with one attached hydrogen (secondary N) is 1. The fourth-order valence-electron chi connectivity index (χ4n) is 2.11. The summed E-state index contributed by atoms with van der Waals surface area (Å²) in [5.74, 6) is -0.0378. The molecule has 0 amide bonds. The van der Waals surface area contributed by atoms with E-state index in [-0.39, 0.29) is 24.4 Å². The Morgan fingerprint density at radius 1 is 1.33 bits per heavy atom. The van der Waals surface area contributed by atoms with Gasteiger partial charge in [0.25, 0.3) is 0 Å². The van der Waals surface area contributed by atoms with Crippen molar-refractivity contribution in [3.8, 4) is 0 Å². The lowest BCUT2D eigenvalue weighted by atomic mass is 9.92. The Morgan fingerprint density at radius 3 is 2.72 bits per heavy atom. The molecule has 0 radical (unpaired) electrons. The van der Waals surface area contributed by atoms with Gasteiger partial charge in [-0.2, -0.15) is 0 Å². The van der Waals surface area contributed by atoms with Crippen LogP contribution in [0.15, 0.2) is 54.4 Å². The summed E-state index contributed by atoms with van der Waals surface area (Å²) in [5.41, 5.74) is 1.18. The number of hydrogen-bond donors (Lipinski definition) is 2. The second-order valence-electron chi connectivity index (χ2n) is 4.50. The topological polar surface area (TPSA) is 32.3 Å². The van der Waals surface area contributed by atoms with Crippen LogP contribution < -0.4 is 5.32 Å². The number of aliphatic hydroxyl groups is 1. The molecule has 1 aromatic rings. The van der Waals surface area contributed by atoms with Crippen molar-refractivity contribution < 1.29 is 9.50 Å². The Labute approximate surface area is 107 Å². The van der Waals surface area contributed by atoms with Crippen molar-refractivity contribution in [2.24, 2.45) is 5.92 Å². The lowest BCUT2D eigenvalue weighted by molar-refractivity contribution is 0.212. The lowest BCUT2D eigenvalue weighted by Crippen LogP contribution is -2.38. The van der Waals surface area contributed by atoms with Crippen LogP contribution in [0.2, 0.25) is 0 Å². The Morgan fingerprint density at radius 2 is 2.11 bits per heavy atom. The van der Waals surface area contributed by atoms with Gasteiger partial charge in [0.15, 0.2) is 0 Å². The first kappa shape index (κ1) is 13.0. The monoisotopic (exact) mass is 247 g/mol. The van der Waals surface area contributed by atoms with E-state index >= 15 is 0 Å². The number of halogens is 1.